The Morgan fingerprint density at radius 2 is 1.73 bits per heavy atom. The number of rotatable bonds is 4. The fraction of sp³-hybridized carbons (Fsp3) is 0.444. The van der Waals surface area contributed by atoms with Gasteiger partial charge in [0, 0.05) is 12.4 Å². The fourth-order valence-electron chi connectivity index (χ4n) is 0.692. The first kappa shape index (κ1) is 14.0. The van der Waals surface area contributed by atoms with E-state index in [0.29, 0.717) is 0 Å². The normalized spacial score (nSPS) is 10.3. The van der Waals surface area contributed by atoms with Gasteiger partial charge in [-0.15, -0.1) is 0 Å². The average Bonchev–Trinajstić information content (AvgIpc) is 2.20. The fourth-order valence-corrected chi connectivity index (χ4v) is 1.26. The van der Waals surface area contributed by atoms with Crippen molar-refractivity contribution in [2.75, 3.05) is 12.4 Å². The van der Waals surface area contributed by atoms with Crippen molar-refractivity contribution in [1.29, 1.82) is 0 Å². The predicted octanol–water partition coefficient (Wildman–Crippen LogP) is 1.71. The summed E-state index contributed by atoms with van der Waals surface area (Å²) < 4.78 is 39.3. The third-order valence-electron chi connectivity index (χ3n) is 1.35. The summed E-state index contributed by atoms with van der Waals surface area (Å²) in [5.41, 5.74) is 0. The van der Waals surface area contributed by atoms with Crippen molar-refractivity contribution in [3.8, 4) is 0 Å². The van der Waals surface area contributed by atoms with E-state index in [2.05, 4.69) is 4.98 Å². The molecule has 0 radical (unpaired) electrons. The van der Waals surface area contributed by atoms with Crippen LogP contribution in [0.3, 0.4) is 0 Å². The van der Waals surface area contributed by atoms with Crippen molar-refractivity contribution in [2.45, 2.75) is 12.8 Å². The van der Waals surface area contributed by atoms with Gasteiger partial charge >= 0.3 is 0 Å². The zero-order valence-electron chi connectivity index (χ0n) is 8.21. The lowest BCUT2D eigenvalue weighted by Crippen LogP contribution is -2.03. The number of halogens is 1. The second-order valence-electron chi connectivity index (χ2n) is 2.71. The van der Waals surface area contributed by atoms with Crippen LogP contribution in [0.25, 0.3) is 0 Å². The van der Waals surface area contributed by atoms with E-state index in [4.69, 9.17) is 4.55 Å². The Morgan fingerprint density at radius 3 is 2.00 bits per heavy atom. The van der Waals surface area contributed by atoms with Gasteiger partial charge in [-0.3, -0.25) is 13.9 Å². The summed E-state index contributed by atoms with van der Waals surface area (Å²) in [7, 11) is -3.86. The Hall–Kier alpha value is -1.01. The van der Waals surface area contributed by atoms with Crippen molar-refractivity contribution in [1.82, 2.24) is 4.98 Å². The summed E-state index contributed by atoms with van der Waals surface area (Å²) >= 11 is 0. The largest absolute Gasteiger partial charge is 0.286 e. The third-order valence-corrected chi connectivity index (χ3v) is 2.16. The Kier molecular flexibility index (Phi) is 7.75. The van der Waals surface area contributed by atoms with Crippen molar-refractivity contribution >= 4 is 10.1 Å². The molecule has 0 saturated carbocycles. The lowest BCUT2D eigenvalue weighted by Gasteiger charge is -1.91. The number of unbranched alkanes of at least 4 members (excludes halogenated alkanes) is 1. The quantitative estimate of drug-likeness (QED) is 0.637. The number of alkyl halides is 1. The van der Waals surface area contributed by atoms with E-state index in [1.54, 1.807) is 12.4 Å². The van der Waals surface area contributed by atoms with Crippen LogP contribution in [0.2, 0.25) is 0 Å². The van der Waals surface area contributed by atoms with Gasteiger partial charge in [-0.05, 0) is 25.0 Å². The van der Waals surface area contributed by atoms with Crippen LogP contribution in [0.1, 0.15) is 12.8 Å². The van der Waals surface area contributed by atoms with Gasteiger partial charge in [0.25, 0.3) is 10.1 Å². The topological polar surface area (TPSA) is 67.3 Å². The van der Waals surface area contributed by atoms with Gasteiger partial charge in [0.1, 0.15) is 0 Å². The maximum absolute atomic E-state index is 11.3. The van der Waals surface area contributed by atoms with Crippen LogP contribution in [0.4, 0.5) is 4.39 Å². The molecule has 86 valence electrons. The Morgan fingerprint density at radius 1 is 1.13 bits per heavy atom. The molecule has 0 amide bonds. The van der Waals surface area contributed by atoms with E-state index in [1.807, 2.05) is 18.2 Å². The van der Waals surface area contributed by atoms with E-state index in [0.717, 1.165) is 0 Å². The molecule has 0 spiro atoms. The molecule has 0 aromatic carbocycles. The molecule has 0 aliphatic carbocycles. The molecule has 0 bridgehead atoms. The number of pyridine rings is 1. The van der Waals surface area contributed by atoms with Crippen molar-refractivity contribution in [3.63, 3.8) is 0 Å². The summed E-state index contributed by atoms with van der Waals surface area (Å²) in [6, 6.07) is 5.72. The molecule has 1 aromatic heterocycles. The Labute approximate surface area is 88.9 Å². The number of aromatic nitrogens is 1. The highest BCUT2D eigenvalue weighted by Gasteiger charge is 2.01. The van der Waals surface area contributed by atoms with Crippen LogP contribution in [0.5, 0.6) is 0 Å². The Bertz CT molecular complexity index is 302. The molecule has 1 heterocycles. The van der Waals surface area contributed by atoms with Gasteiger partial charge in [0.15, 0.2) is 0 Å². The van der Waals surface area contributed by atoms with E-state index in [9.17, 15) is 12.8 Å². The van der Waals surface area contributed by atoms with E-state index in [-0.39, 0.29) is 18.6 Å². The summed E-state index contributed by atoms with van der Waals surface area (Å²) in [5.74, 6) is -0.336. The molecule has 4 nitrogen and oxygen atoms in total. The highest BCUT2D eigenvalue weighted by molar-refractivity contribution is 7.85. The predicted molar refractivity (Wildman–Crippen MR) is 55.9 cm³/mol. The smallest absolute Gasteiger partial charge is 0.264 e. The molecule has 1 rings (SSSR count). The SMILES string of the molecule is O=S(=O)(O)CCCCF.c1ccncc1. The zero-order chi connectivity index (χ0) is 11.6. The molecule has 0 aliphatic heterocycles. The number of nitrogens with zero attached hydrogens (tertiary/aromatic N) is 1. The van der Waals surface area contributed by atoms with E-state index < -0.39 is 16.8 Å². The van der Waals surface area contributed by atoms with Crippen LogP contribution in [0, 0.1) is 0 Å². The lowest BCUT2D eigenvalue weighted by molar-refractivity contribution is 0.456. The van der Waals surface area contributed by atoms with Gasteiger partial charge in [-0.1, -0.05) is 6.07 Å². The standard InChI is InChI=1S/C5H5N.C4H9FO3S/c1-2-4-6-5-3-1;5-3-1-2-4-9(6,7)8/h1-5H;1-4H2,(H,6,7,8). The minimum Gasteiger partial charge on any atom is -0.286 e. The highest BCUT2D eigenvalue weighted by atomic mass is 32.2. The van der Waals surface area contributed by atoms with Crippen molar-refractivity contribution in [3.05, 3.63) is 30.6 Å². The molecule has 6 heteroatoms. The van der Waals surface area contributed by atoms with Crippen molar-refractivity contribution in [2.24, 2.45) is 0 Å². The third kappa shape index (κ3) is 13.0. The van der Waals surface area contributed by atoms with Crippen LogP contribution < -0.4 is 0 Å². The van der Waals surface area contributed by atoms with Crippen LogP contribution in [-0.4, -0.2) is 30.4 Å². The Balaban J connectivity index is 0.000000280. The number of hydrogen-bond acceptors (Lipinski definition) is 3. The first-order valence-electron chi connectivity index (χ1n) is 4.42. The molecular formula is C9H14FNO3S. The molecular weight excluding hydrogens is 221 g/mol. The van der Waals surface area contributed by atoms with Crippen LogP contribution >= 0.6 is 0 Å². The molecule has 1 aromatic rings. The van der Waals surface area contributed by atoms with Gasteiger partial charge in [0.2, 0.25) is 0 Å². The molecule has 0 unspecified atom stereocenters. The van der Waals surface area contributed by atoms with E-state index >= 15 is 0 Å². The second-order valence-corrected chi connectivity index (χ2v) is 4.28. The molecule has 0 fully saturated rings. The van der Waals surface area contributed by atoms with Crippen molar-refractivity contribution < 1.29 is 17.4 Å². The first-order chi connectivity index (χ1) is 7.06. The number of hydrogen-bond donors (Lipinski definition) is 1. The minimum atomic E-state index is -3.86. The van der Waals surface area contributed by atoms with Gasteiger partial charge < -0.3 is 0 Å². The summed E-state index contributed by atoms with van der Waals surface area (Å²) in [4.78, 5) is 3.78. The van der Waals surface area contributed by atoms with E-state index in [1.165, 1.54) is 0 Å². The molecule has 15 heavy (non-hydrogen) atoms. The summed E-state index contributed by atoms with van der Waals surface area (Å²) in [5, 5.41) is 0. The average molecular weight is 235 g/mol. The maximum atomic E-state index is 11.3. The van der Waals surface area contributed by atoms with Crippen LogP contribution in [-0.2, 0) is 10.1 Å². The van der Waals surface area contributed by atoms with Gasteiger partial charge in [0.05, 0.1) is 12.4 Å². The summed E-state index contributed by atoms with van der Waals surface area (Å²) in [6.07, 6.45) is 3.88. The zero-order valence-corrected chi connectivity index (χ0v) is 9.03. The monoisotopic (exact) mass is 235 g/mol. The first-order valence-corrected chi connectivity index (χ1v) is 6.03. The molecule has 0 aliphatic rings. The second kappa shape index (κ2) is 8.31. The molecule has 0 atom stereocenters. The summed E-state index contributed by atoms with van der Waals surface area (Å²) in [6.45, 7) is -0.532. The lowest BCUT2D eigenvalue weighted by atomic mass is 10.4. The van der Waals surface area contributed by atoms with Gasteiger partial charge in [-0.2, -0.15) is 8.42 Å². The maximum Gasteiger partial charge on any atom is 0.264 e. The molecule has 0 saturated heterocycles. The highest BCUT2D eigenvalue weighted by Crippen LogP contribution is 1.93. The van der Waals surface area contributed by atoms with Gasteiger partial charge in [-0.25, -0.2) is 0 Å². The van der Waals surface area contributed by atoms with Crippen LogP contribution in [0.15, 0.2) is 30.6 Å². The molecule has 1 N–H and O–H groups in total. The minimum absolute atomic E-state index is 0.190.